The molecular formula is C17H17BrN2O2S. The van der Waals surface area contributed by atoms with Crippen LogP contribution in [0, 0.1) is 6.92 Å². The molecule has 0 saturated heterocycles. The van der Waals surface area contributed by atoms with E-state index in [0.29, 0.717) is 0 Å². The van der Waals surface area contributed by atoms with E-state index in [-0.39, 0.29) is 18.4 Å². The molecule has 1 aromatic heterocycles. The van der Waals surface area contributed by atoms with Gasteiger partial charge in [0.05, 0.1) is 6.54 Å². The zero-order valence-corrected chi connectivity index (χ0v) is 15.3. The Balaban J connectivity index is 1.90. The summed E-state index contributed by atoms with van der Waals surface area (Å²) in [6.07, 6.45) is 3.23. The monoisotopic (exact) mass is 392 g/mol. The van der Waals surface area contributed by atoms with Gasteiger partial charge in [0.15, 0.2) is 0 Å². The van der Waals surface area contributed by atoms with Crippen molar-refractivity contribution < 1.29 is 9.59 Å². The number of carbonyl (C=O) groups excluding carboxylic acids is 2. The molecule has 0 saturated carbocycles. The quantitative estimate of drug-likeness (QED) is 0.783. The van der Waals surface area contributed by atoms with E-state index >= 15 is 0 Å². The van der Waals surface area contributed by atoms with Gasteiger partial charge in [-0.25, -0.2) is 0 Å². The molecule has 2 rings (SSSR count). The standard InChI is InChI=1S/C17H17BrN2O2S/c1-12-10-13(18)5-7-15(12)19-16(21)11-20(2)17(22)8-6-14-4-3-9-23-14/h3-10H,11H2,1-2H3,(H,19,21). The predicted octanol–water partition coefficient (Wildman–Crippen LogP) is 3.93. The van der Waals surface area contributed by atoms with E-state index in [0.717, 1.165) is 20.6 Å². The molecular weight excluding hydrogens is 376 g/mol. The van der Waals surface area contributed by atoms with Crippen LogP contribution in [0.25, 0.3) is 6.08 Å². The van der Waals surface area contributed by atoms with Crippen molar-refractivity contribution >= 4 is 50.8 Å². The third kappa shape index (κ3) is 5.33. The molecule has 0 aliphatic carbocycles. The number of benzene rings is 1. The Kier molecular flexibility index (Phi) is 6.12. The maximum atomic E-state index is 12.1. The van der Waals surface area contributed by atoms with Crippen LogP contribution >= 0.6 is 27.3 Å². The molecule has 2 amide bonds. The zero-order chi connectivity index (χ0) is 16.8. The lowest BCUT2D eigenvalue weighted by molar-refractivity contribution is -0.129. The topological polar surface area (TPSA) is 49.4 Å². The third-order valence-corrected chi connectivity index (χ3v) is 4.48. The van der Waals surface area contributed by atoms with E-state index in [1.54, 1.807) is 24.5 Å². The molecule has 23 heavy (non-hydrogen) atoms. The minimum atomic E-state index is -0.226. The van der Waals surface area contributed by atoms with Gasteiger partial charge < -0.3 is 10.2 Å². The molecule has 120 valence electrons. The smallest absolute Gasteiger partial charge is 0.246 e. The average Bonchev–Trinajstić information content (AvgIpc) is 3.01. The van der Waals surface area contributed by atoms with Gasteiger partial charge in [0.1, 0.15) is 0 Å². The zero-order valence-electron chi connectivity index (χ0n) is 12.9. The fraction of sp³-hybridized carbons (Fsp3) is 0.176. The highest BCUT2D eigenvalue weighted by atomic mass is 79.9. The second-order valence-corrected chi connectivity index (χ2v) is 6.95. The van der Waals surface area contributed by atoms with Gasteiger partial charge in [-0.15, -0.1) is 11.3 Å². The summed E-state index contributed by atoms with van der Waals surface area (Å²) in [4.78, 5) is 26.4. The lowest BCUT2D eigenvalue weighted by Crippen LogP contribution is -2.34. The number of rotatable bonds is 5. The average molecular weight is 393 g/mol. The van der Waals surface area contributed by atoms with Crippen molar-refractivity contribution in [3.8, 4) is 0 Å². The van der Waals surface area contributed by atoms with Crippen molar-refractivity contribution in [3.63, 3.8) is 0 Å². The van der Waals surface area contributed by atoms with Gasteiger partial charge in [0.2, 0.25) is 11.8 Å². The molecule has 1 aromatic carbocycles. The summed E-state index contributed by atoms with van der Waals surface area (Å²) in [5.41, 5.74) is 1.70. The summed E-state index contributed by atoms with van der Waals surface area (Å²) in [6.45, 7) is 1.92. The van der Waals surface area contributed by atoms with Crippen LogP contribution in [0.15, 0.2) is 46.3 Å². The van der Waals surface area contributed by atoms with Crippen molar-refractivity contribution in [2.75, 3.05) is 18.9 Å². The number of amides is 2. The normalized spacial score (nSPS) is 10.7. The number of anilines is 1. The minimum absolute atomic E-state index is 0.00309. The second kappa shape index (κ2) is 8.08. The predicted molar refractivity (Wildman–Crippen MR) is 98.5 cm³/mol. The number of nitrogens with one attached hydrogen (secondary N) is 1. The van der Waals surface area contributed by atoms with Gasteiger partial charge in [0.25, 0.3) is 0 Å². The van der Waals surface area contributed by atoms with Crippen LogP contribution < -0.4 is 5.32 Å². The first kappa shape index (κ1) is 17.4. The molecule has 0 bridgehead atoms. The van der Waals surface area contributed by atoms with Gasteiger partial charge in [-0.3, -0.25) is 9.59 Å². The number of hydrogen-bond acceptors (Lipinski definition) is 3. The third-order valence-electron chi connectivity index (χ3n) is 3.15. The fourth-order valence-electron chi connectivity index (χ4n) is 1.92. The van der Waals surface area contributed by atoms with Gasteiger partial charge in [-0.05, 0) is 48.2 Å². The van der Waals surface area contributed by atoms with Crippen LogP contribution in [-0.2, 0) is 9.59 Å². The first-order chi connectivity index (χ1) is 11.0. The Labute approximate surface area is 147 Å². The van der Waals surface area contributed by atoms with Crippen molar-refractivity contribution in [2.24, 2.45) is 0 Å². The summed E-state index contributed by atoms with van der Waals surface area (Å²) in [5.74, 6) is -0.433. The number of carbonyl (C=O) groups is 2. The van der Waals surface area contributed by atoms with Crippen LogP contribution in [0.3, 0.4) is 0 Å². The highest BCUT2D eigenvalue weighted by Crippen LogP contribution is 2.19. The molecule has 0 aliphatic heterocycles. The molecule has 1 N–H and O–H groups in total. The Morgan fingerprint density at radius 2 is 2.13 bits per heavy atom. The molecule has 4 nitrogen and oxygen atoms in total. The first-order valence-electron chi connectivity index (χ1n) is 6.98. The van der Waals surface area contributed by atoms with E-state index in [1.807, 2.05) is 42.6 Å². The molecule has 0 fully saturated rings. The van der Waals surface area contributed by atoms with Gasteiger partial charge >= 0.3 is 0 Å². The van der Waals surface area contributed by atoms with Crippen molar-refractivity contribution in [1.29, 1.82) is 0 Å². The minimum Gasteiger partial charge on any atom is -0.333 e. The molecule has 0 aliphatic rings. The SMILES string of the molecule is Cc1cc(Br)ccc1NC(=O)CN(C)C(=O)C=Cc1cccs1. The van der Waals surface area contributed by atoms with E-state index in [2.05, 4.69) is 21.2 Å². The molecule has 2 aromatic rings. The van der Waals surface area contributed by atoms with Crippen molar-refractivity contribution in [1.82, 2.24) is 4.90 Å². The molecule has 0 atom stereocenters. The number of thiophene rings is 1. The number of hydrogen-bond donors (Lipinski definition) is 1. The summed E-state index contributed by atoms with van der Waals surface area (Å²) >= 11 is 4.94. The lowest BCUT2D eigenvalue weighted by Gasteiger charge is -2.15. The van der Waals surface area contributed by atoms with E-state index in [9.17, 15) is 9.59 Å². The fourth-order valence-corrected chi connectivity index (χ4v) is 3.01. The largest absolute Gasteiger partial charge is 0.333 e. The molecule has 0 spiro atoms. The summed E-state index contributed by atoms with van der Waals surface area (Å²) in [7, 11) is 1.61. The highest BCUT2D eigenvalue weighted by molar-refractivity contribution is 9.10. The van der Waals surface area contributed by atoms with Crippen LogP contribution in [0.5, 0.6) is 0 Å². The Morgan fingerprint density at radius 3 is 2.78 bits per heavy atom. The first-order valence-corrected chi connectivity index (χ1v) is 8.65. The van der Waals surface area contributed by atoms with E-state index in [1.165, 1.54) is 11.0 Å². The van der Waals surface area contributed by atoms with E-state index in [4.69, 9.17) is 0 Å². The molecule has 0 unspecified atom stereocenters. The maximum Gasteiger partial charge on any atom is 0.246 e. The van der Waals surface area contributed by atoms with Crippen LogP contribution in [0.2, 0.25) is 0 Å². The van der Waals surface area contributed by atoms with E-state index < -0.39 is 0 Å². The molecule has 0 radical (unpaired) electrons. The van der Waals surface area contributed by atoms with Gasteiger partial charge in [-0.1, -0.05) is 22.0 Å². The maximum absolute atomic E-state index is 12.1. The molecule has 6 heteroatoms. The Bertz CT molecular complexity index is 726. The Morgan fingerprint density at radius 1 is 1.35 bits per heavy atom. The van der Waals surface area contributed by atoms with Gasteiger partial charge in [0, 0.05) is 28.2 Å². The number of likely N-dealkylation sites (N-methyl/N-ethyl adjacent to an activating group) is 1. The Hall–Kier alpha value is -1.92. The van der Waals surface area contributed by atoms with Crippen molar-refractivity contribution in [3.05, 3.63) is 56.7 Å². The van der Waals surface area contributed by atoms with Gasteiger partial charge in [-0.2, -0.15) is 0 Å². The summed E-state index contributed by atoms with van der Waals surface area (Å²) < 4.78 is 0.957. The van der Waals surface area contributed by atoms with Crippen LogP contribution in [0.1, 0.15) is 10.4 Å². The number of nitrogens with zero attached hydrogens (tertiary/aromatic N) is 1. The highest BCUT2D eigenvalue weighted by Gasteiger charge is 2.11. The van der Waals surface area contributed by atoms with Crippen LogP contribution in [0.4, 0.5) is 5.69 Å². The summed E-state index contributed by atoms with van der Waals surface area (Å²) in [6, 6.07) is 9.47. The van der Waals surface area contributed by atoms with Crippen LogP contribution in [-0.4, -0.2) is 30.3 Å². The summed E-state index contributed by atoms with van der Waals surface area (Å²) in [5, 5.41) is 4.76. The lowest BCUT2D eigenvalue weighted by atomic mass is 10.2. The number of aryl methyl sites for hydroxylation is 1. The van der Waals surface area contributed by atoms with Crippen molar-refractivity contribution in [2.45, 2.75) is 6.92 Å². The second-order valence-electron chi connectivity index (χ2n) is 5.05. The number of halogens is 1. The molecule has 1 heterocycles.